The van der Waals surface area contributed by atoms with Gasteiger partial charge in [0.2, 0.25) is 0 Å². The first-order valence-electron chi connectivity index (χ1n) is 12.7. The number of amides is 1. The number of carbonyl (C=O) groups is 1. The van der Waals surface area contributed by atoms with Crippen LogP contribution < -0.4 is 5.32 Å². The van der Waals surface area contributed by atoms with Crippen LogP contribution in [0.3, 0.4) is 0 Å². The van der Waals surface area contributed by atoms with Gasteiger partial charge in [-0.05, 0) is 55.7 Å². The van der Waals surface area contributed by atoms with Crippen molar-refractivity contribution in [2.45, 2.75) is 42.9 Å². The highest BCUT2D eigenvalue weighted by atomic mass is 32.2. The molecule has 0 aliphatic heterocycles. The van der Waals surface area contributed by atoms with Gasteiger partial charge in [0.1, 0.15) is 10.7 Å². The summed E-state index contributed by atoms with van der Waals surface area (Å²) < 4.78 is 42.0. The highest BCUT2D eigenvalue weighted by Crippen LogP contribution is 2.34. The smallest absolute Gasteiger partial charge is 0.348 e. The normalized spacial score (nSPS) is 12.3. The molecule has 0 aliphatic carbocycles. The number of rotatable bonds is 10. The molecule has 5 aromatic rings. The molecule has 0 saturated carbocycles. The molecule has 1 amide bonds. The fourth-order valence-electron chi connectivity index (χ4n) is 4.11. The number of nitrogens with one attached hydrogen (secondary N) is 1. The van der Waals surface area contributed by atoms with Crippen molar-refractivity contribution < 1.29 is 18.0 Å². The molecule has 210 valence electrons. The number of halogens is 3. The second-order valence-corrected chi connectivity index (χ2v) is 11.1. The molecule has 0 radical (unpaired) electrons. The van der Waals surface area contributed by atoms with Gasteiger partial charge in [0.15, 0.2) is 11.0 Å². The van der Waals surface area contributed by atoms with Crippen LogP contribution in [-0.2, 0) is 18.3 Å². The quantitative estimate of drug-likeness (QED) is 0.178. The fourth-order valence-corrected chi connectivity index (χ4v) is 5.86. The van der Waals surface area contributed by atoms with E-state index in [0.29, 0.717) is 33.0 Å². The van der Waals surface area contributed by atoms with Gasteiger partial charge in [0.05, 0.1) is 17.0 Å². The predicted molar refractivity (Wildman–Crippen MR) is 153 cm³/mol. The SMILES string of the molecule is CC(CCc1ccccc1)NC(=O)c1csc(CSc2nnc(-c3ccncc3)n2-c2cccc(C(F)(F)F)c2)n1. The predicted octanol–water partition coefficient (Wildman–Crippen LogP) is 6.85. The van der Waals surface area contributed by atoms with Gasteiger partial charge in [-0.1, -0.05) is 48.2 Å². The van der Waals surface area contributed by atoms with Gasteiger partial charge < -0.3 is 5.32 Å². The third kappa shape index (κ3) is 7.19. The zero-order chi connectivity index (χ0) is 28.8. The summed E-state index contributed by atoms with van der Waals surface area (Å²) in [7, 11) is 0. The van der Waals surface area contributed by atoms with Crippen LogP contribution in [0.2, 0.25) is 0 Å². The van der Waals surface area contributed by atoms with E-state index in [1.165, 1.54) is 34.7 Å². The van der Waals surface area contributed by atoms with Gasteiger partial charge in [0, 0.05) is 29.4 Å². The van der Waals surface area contributed by atoms with Crippen LogP contribution in [0.5, 0.6) is 0 Å². The Labute approximate surface area is 242 Å². The number of hydrogen-bond donors (Lipinski definition) is 1. The zero-order valence-corrected chi connectivity index (χ0v) is 23.5. The van der Waals surface area contributed by atoms with Crippen LogP contribution in [0.4, 0.5) is 13.2 Å². The van der Waals surface area contributed by atoms with E-state index in [1.54, 1.807) is 40.5 Å². The maximum atomic E-state index is 13.5. The summed E-state index contributed by atoms with van der Waals surface area (Å²) in [5, 5.41) is 14.3. The van der Waals surface area contributed by atoms with E-state index >= 15 is 0 Å². The number of aryl methyl sites for hydroxylation is 1. The maximum absolute atomic E-state index is 13.5. The number of thiazole rings is 1. The average Bonchev–Trinajstić information content (AvgIpc) is 3.63. The van der Waals surface area contributed by atoms with Gasteiger partial charge in [-0.2, -0.15) is 13.2 Å². The van der Waals surface area contributed by atoms with E-state index in [9.17, 15) is 18.0 Å². The number of aromatic nitrogens is 5. The molecule has 41 heavy (non-hydrogen) atoms. The topological polar surface area (TPSA) is 85.6 Å². The van der Waals surface area contributed by atoms with Crippen LogP contribution in [0.1, 0.15) is 40.0 Å². The number of thioether (sulfide) groups is 1. The van der Waals surface area contributed by atoms with Gasteiger partial charge in [-0.25, -0.2) is 4.98 Å². The second kappa shape index (κ2) is 12.6. The first kappa shape index (κ1) is 28.5. The summed E-state index contributed by atoms with van der Waals surface area (Å²) >= 11 is 2.62. The van der Waals surface area contributed by atoms with Crippen molar-refractivity contribution in [1.82, 2.24) is 30.0 Å². The molecule has 1 N–H and O–H groups in total. The molecule has 1 atom stereocenters. The van der Waals surface area contributed by atoms with Crippen molar-refractivity contribution in [2.75, 3.05) is 0 Å². The van der Waals surface area contributed by atoms with Crippen molar-refractivity contribution in [3.05, 3.63) is 106 Å². The summed E-state index contributed by atoms with van der Waals surface area (Å²) in [6, 6.07) is 18.5. The molecular formula is C29H25F3N6OS2. The minimum absolute atomic E-state index is 0.0279. The van der Waals surface area contributed by atoms with Gasteiger partial charge in [0.25, 0.3) is 5.91 Å². The van der Waals surface area contributed by atoms with E-state index in [-0.39, 0.29) is 17.6 Å². The van der Waals surface area contributed by atoms with Crippen molar-refractivity contribution in [3.8, 4) is 17.1 Å². The molecule has 7 nitrogen and oxygen atoms in total. The van der Waals surface area contributed by atoms with E-state index < -0.39 is 11.7 Å². The summed E-state index contributed by atoms with van der Waals surface area (Å²) in [5.74, 6) is 0.498. The van der Waals surface area contributed by atoms with Crippen molar-refractivity contribution >= 4 is 29.0 Å². The van der Waals surface area contributed by atoms with Crippen LogP contribution >= 0.6 is 23.1 Å². The summed E-state index contributed by atoms with van der Waals surface area (Å²) in [6.45, 7) is 1.96. The average molecular weight is 595 g/mol. The Hall–Kier alpha value is -4.03. The number of alkyl halides is 3. The monoisotopic (exact) mass is 594 g/mol. The molecule has 0 saturated heterocycles. The van der Waals surface area contributed by atoms with Gasteiger partial charge in [-0.15, -0.1) is 21.5 Å². The first-order valence-corrected chi connectivity index (χ1v) is 14.6. The molecule has 5 rings (SSSR count). The highest BCUT2D eigenvalue weighted by molar-refractivity contribution is 7.98. The fraction of sp³-hybridized carbons (Fsp3) is 0.207. The Morgan fingerprint density at radius 2 is 1.83 bits per heavy atom. The van der Waals surface area contributed by atoms with Crippen LogP contribution in [0.25, 0.3) is 17.1 Å². The second-order valence-electron chi connectivity index (χ2n) is 9.24. The lowest BCUT2D eigenvalue weighted by molar-refractivity contribution is -0.137. The largest absolute Gasteiger partial charge is 0.416 e. The van der Waals surface area contributed by atoms with Gasteiger partial charge in [-0.3, -0.25) is 14.3 Å². The molecule has 3 aromatic heterocycles. The van der Waals surface area contributed by atoms with E-state index in [0.717, 1.165) is 25.0 Å². The third-order valence-electron chi connectivity index (χ3n) is 6.20. The Morgan fingerprint density at radius 1 is 1.05 bits per heavy atom. The number of nitrogens with zero attached hydrogens (tertiary/aromatic N) is 5. The van der Waals surface area contributed by atoms with E-state index in [1.807, 2.05) is 25.1 Å². The summed E-state index contributed by atoms with van der Waals surface area (Å²) in [6.07, 6.45) is 0.323. The van der Waals surface area contributed by atoms with E-state index in [2.05, 4.69) is 37.6 Å². The van der Waals surface area contributed by atoms with Crippen LogP contribution in [0, 0.1) is 0 Å². The molecule has 2 aromatic carbocycles. The lowest BCUT2D eigenvalue weighted by atomic mass is 10.1. The molecule has 0 spiro atoms. The molecule has 0 aliphatic rings. The Kier molecular flexibility index (Phi) is 8.79. The summed E-state index contributed by atoms with van der Waals surface area (Å²) in [5.41, 5.74) is 1.71. The third-order valence-corrected chi connectivity index (χ3v) is 8.17. The van der Waals surface area contributed by atoms with Crippen molar-refractivity contribution in [1.29, 1.82) is 0 Å². The first-order chi connectivity index (χ1) is 19.8. The summed E-state index contributed by atoms with van der Waals surface area (Å²) in [4.78, 5) is 21.3. The maximum Gasteiger partial charge on any atom is 0.416 e. The van der Waals surface area contributed by atoms with Gasteiger partial charge >= 0.3 is 6.18 Å². The Morgan fingerprint density at radius 3 is 2.59 bits per heavy atom. The molecule has 0 fully saturated rings. The molecule has 12 heteroatoms. The van der Waals surface area contributed by atoms with Crippen LogP contribution in [-0.4, -0.2) is 36.7 Å². The van der Waals surface area contributed by atoms with E-state index in [4.69, 9.17) is 0 Å². The zero-order valence-electron chi connectivity index (χ0n) is 21.9. The Bertz CT molecular complexity index is 1610. The molecule has 3 heterocycles. The molecular weight excluding hydrogens is 569 g/mol. The Balaban J connectivity index is 1.30. The number of benzene rings is 2. The standard InChI is InChI=1S/C29H25F3N6OS2/c1-19(10-11-20-6-3-2-4-7-20)34-27(39)24-17-40-25(35-24)18-41-28-37-36-26(21-12-14-33-15-13-21)38(28)23-9-5-8-22(16-23)29(30,31)32/h2-9,12-17,19H,10-11,18H2,1H3,(H,34,39). The minimum atomic E-state index is -4.49. The molecule has 1 unspecified atom stereocenters. The number of carbonyl (C=O) groups excluding carboxylic acids is 1. The molecule has 0 bridgehead atoms. The lowest BCUT2D eigenvalue weighted by Gasteiger charge is -2.13. The minimum Gasteiger partial charge on any atom is -0.348 e. The van der Waals surface area contributed by atoms with Crippen LogP contribution in [0.15, 0.2) is 89.7 Å². The number of hydrogen-bond acceptors (Lipinski definition) is 7. The van der Waals surface area contributed by atoms with Crippen molar-refractivity contribution in [2.24, 2.45) is 0 Å². The number of pyridine rings is 1. The van der Waals surface area contributed by atoms with Crippen molar-refractivity contribution in [3.63, 3.8) is 0 Å². The lowest BCUT2D eigenvalue weighted by Crippen LogP contribution is -2.33. The highest BCUT2D eigenvalue weighted by Gasteiger charge is 2.31.